The number of amides is 1. The van der Waals surface area contributed by atoms with E-state index in [0.717, 1.165) is 45.4 Å². The fourth-order valence-electron chi connectivity index (χ4n) is 2.97. The summed E-state index contributed by atoms with van der Waals surface area (Å²) in [6.07, 6.45) is 3.21. The molecule has 3 aromatic rings. The molecule has 3 rings (SSSR count). The Balaban J connectivity index is 1.77. The zero-order valence-electron chi connectivity index (χ0n) is 15.5. The van der Waals surface area contributed by atoms with E-state index in [-0.39, 0.29) is 12.5 Å². The molecule has 0 aliphatic carbocycles. The summed E-state index contributed by atoms with van der Waals surface area (Å²) < 4.78 is 5.74. The quantitative estimate of drug-likeness (QED) is 0.697. The summed E-state index contributed by atoms with van der Waals surface area (Å²) in [5.74, 6) is 0.281. The van der Waals surface area contributed by atoms with Crippen LogP contribution in [-0.2, 0) is 17.6 Å². The highest BCUT2D eigenvalue weighted by molar-refractivity contribution is 7.18. The minimum atomic E-state index is -0.183. The van der Waals surface area contributed by atoms with Crippen LogP contribution in [0.25, 0.3) is 10.2 Å². The Bertz CT molecular complexity index is 927. The van der Waals surface area contributed by atoms with Gasteiger partial charge in [0.1, 0.15) is 11.2 Å². The maximum Gasteiger partial charge on any atom is 0.262 e. The molecule has 26 heavy (non-hydrogen) atoms. The van der Waals surface area contributed by atoms with E-state index in [2.05, 4.69) is 29.1 Å². The number of thiophene rings is 1. The number of hydrogen-bond acceptors (Lipinski definition) is 5. The lowest BCUT2D eigenvalue weighted by Crippen LogP contribution is -2.22. The van der Waals surface area contributed by atoms with Gasteiger partial charge in [0.25, 0.3) is 5.91 Å². The van der Waals surface area contributed by atoms with Gasteiger partial charge in [-0.1, -0.05) is 32.0 Å². The lowest BCUT2D eigenvalue weighted by molar-refractivity contribution is -0.118. The van der Waals surface area contributed by atoms with Gasteiger partial charge < -0.3 is 10.1 Å². The third-order valence-electron chi connectivity index (χ3n) is 4.53. The Hall–Kier alpha value is -2.47. The van der Waals surface area contributed by atoms with Crippen LogP contribution >= 0.6 is 11.3 Å². The molecular weight excluding hydrogens is 346 g/mol. The number of hydrogen-bond donors (Lipinski definition) is 1. The first-order valence-electron chi connectivity index (χ1n) is 8.79. The van der Waals surface area contributed by atoms with Crippen molar-refractivity contribution in [3.8, 4) is 5.88 Å². The van der Waals surface area contributed by atoms with Crippen molar-refractivity contribution in [3.63, 3.8) is 0 Å². The summed E-state index contributed by atoms with van der Waals surface area (Å²) >= 11 is 1.61. The molecule has 0 aliphatic heterocycles. The van der Waals surface area contributed by atoms with E-state index in [9.17, 15) is 4.79 Å². The second kappa shape index (κ2) is 7.83. The summed E-state index contributed by atoms with van der Waals surface area (Å²) in [7, 11) is 0. The molecule has 0 atom stereocenters. The van der Waals surface area contributed by atoms with Gasteiger partial charge in [0.15, 0.2) is 6.61 Å². The molecule has 1 N–H and O–H groups in total. The number of aryl methyl sites for hydroxylation is 4. The van der Waals surface area contributed by atoms with E-state index in [1.54, 1.807) is 11.3 Å². The van der Waals surface area contributed by atoms with Crippen molar-refractivity contribution >= 4 is 33.1 Å². The lowest BCUT2D eigenvalue weighted by Gasteiger charge is -2.14. The molecule has 0 bridgehead atoms. The fraction of sp³-hybridized carbons (Fsp3) is 0.350. The molecule has 1 amide bonds. The highest BCUT2D eigenvalue weighted by atomic mass is 32.1. The first-order valence-corrected chi connectivity index (χ1v) is 9.60. The van der Waals surface area contributed by atoms with Crippen molar-refractivity contribution in [2.24, 2.45) is 0 Å². The van der Waals surface area contributed by atoms with Gasteiger partial charge in [-0.05, 0) is 43.4 Å². The predicted octanol–water partition coefficient (Wildman–Crippen LogP) is 4.45. The Kier molecular flexibility index (Phi) is 5.52. The molecule has 5 nitrogen and oxygen atoms in total. The van der Waals surface area contributed by atoms with Crippen molar-refractivity contribution in [1.29, 1.82) is 0 Å². The number of benzene rings is 1. The van der Waals surface area contributed by atoms with Crippen molar-refractivity contribution in [1.82, 2.24) is 9.97 Å². The fourth-order valence-corrected chi connectivity index (χ4v) is 3.96. The number of fused-ring (bicyclic) bond motifs is 1. The van der Waals surface area contributed by atoms with Crippen LogP contribution < -0.4 is 10.1 Å². The lowest BCUT2D eigenvalue weighted by atomic mass is 10.0. The van der Waals surface area contributed by atoms with E-state index >= 15 is 0 Å². The average molecular weight is 369 g/mol. The molecule has 2 aromatic heterocycles. The molecule has 0 radical (unpaired) electrons. The minimum Gasteiger partial charge on any atom is -0.467 e. The Labute approximate surface area is 157 Å². The standard InChI is InChI=1S/C20H23N3O2S/c1-5-14-8-7-9-15(6-2)18(14)23-16(24)10-25-19-17-12(3)13(4)26-20(17)22-11-21-19/h7-9,11H,5-6,10H2,1-4H3,(H,23,24). The second-order valence-corrected chi connectivity index (χ2v) is 7.34. The number of anilines is 1. The van der Waals surface area contributed by atoms with Gasteiger partial charge in [0.2, 0.25) is 5.88 Å². The van der Waals surface area contributed by atoms with Gasteiger partial charge in [-0.25, -0.2) is 9.97 Å². The van der Waals surface area contributed by atoms with Crippen LogP contribution in [0.3, 0.4) is 0 Å². The summed E-state index contributed by atoms with van der Waals surface area (Å²) in [4.78, 5) is 23.0. The molecule has 0 unspecified atom stereocenters. The highest BCUT2D eigenvalue weighted by Gasteiger charge is 2.15. The molecule has 6 heteroatoms. The Morgan fingerprint density at radius 1 is 1.15 bits per heavy atom. The first-order chi connectivity index (χ1) is 12.5. The number of nitrogens with zero attached hydrogens (tertiary/aromatic N) is 2. The zero-order chi connectivity index (χ0) is 18.7. The normalized spacial score (nSPS) is 10.9. The number of aromatic nitrogens is 2. The van der Waals surface area contributed by atoms with Crippen LogP contribution in [0.2, 0.25) is 0 Å². The van der Waals surface area contributed by atoms with Crippen molar-refractivity contribution < 1.29 is 9.53 Å². The van der Waals surface area contributed by atoms with Crippen LogP contribution in [0.15, 0.2) is 24.5 Å². The third kappa shape index (κ3) is 3.55. The van der Waals surface area contributed by atoms with Gasteiger partial charge >= 0.3 is 0 Å². The number of para-hydroxylation sites is 1. The van der Waals surface area contributed by atoms with Crippen LogP contribution in [0.5, 0.6) is 5.88 Å². The van der Waals surface area contributed by atoms with E-state index in [1.807, 2.05) is 32.0 Å². The first kappa shape index (κ1) is 18.3. The molecule has 0 saturated heterocycles. The molecule has 136 valence electrons. The monoisotopic (exact) mass is 369 g/mol. The maximum absolute atomic E-state index is 12.5. The number of nitrogens with one attached hydrogen (secondary N) is 1. The van der Waals surface area contributed by atoms with Gasteiger partial charge in [-0.2, -0.15) is 0 Å². The van der Waals surface area contributed by atoms with Crippen LogP contribution in [0.4, 0.5) is 5.69 Å². The largest absolute Gasteiger partial charge is 0.467 e. The number of carbonyl (C=O) groups is 1. The van der Waals surface area contributed by atoms with Gasteiger partial charge in [-0.15, -0.1) is 11.3 Å². The summed E-state index contributed by atoms with van der Waals surface area (Å²) in [6.45, 7) is 8.16. The smallest absolute Gasteiger partial charge is 0.262 e. The van der Waals surface area contributed by atoms with E-state index in [4.69, 9.17) is 4.74 Å². The number of carbonyl (C=O) groups excluding carboxylic acids is 1. The number of ether oxygens (including phenoxy) is 1. The maximum atomic E-state index is 12.5. The molecule has 2 heterocycles. The molecule has 0 saturated carbocycles. The summed E-state index contributed by atoms with van der Waals surface area (Å²) in [5, 5.41) is 3.91. The van der Waals surface area contributed by atoms with Gasteiger partial charge in [0.05, 0.1) is 5.39 Å². The van der Waals surface area contributed by atoms with Gasteiger partial charge in [-0.3, -0.25) is 4.79 Å². The summed E-state index contributed by atoms with van der Waals surface area (Å²) in [6, 6.07) is 6.12. The second-order valence-electron chi connectivity index (χ2n) is 6.14. The number of rotatable bonds is 6. The molecule has 0 aliphatic rings. The predicted molar refractivity (Wildman–Crippen MR) is 106 cm³/mol. The van der Waals surface area contributed by atoms with Crippen LogP contribution in [0, 0.1) is 13.8 Å². The van der Waals surface area contributed by atoms with Crippen LogP contribution in [0.1, 0.15) is 35.4 Å². The van der Waals surface area contributed by atoms with Crippen molar-refractivity contribution in [2.75, 3.05) is 11.9 Å². The van der Waals surface area contributed by atoms with Crippen molar-refractivity contribution in [3.05, 3.63) is 46.1 Å². The molecule has 0 fully saturated rings. The minimum absolute atomic E-state index is 0.0817. The zero-order valence-corrected chi connectivity index (χ0v) is 16.4. The third-order valence-corrected chi connectivity index (χ3v) is 5.65. The topological polar surface area (TPSA) is 64.1 Å². The van der Waals surface area contributed by atoms with Gasteiger partial charge in [0, 0.05) is 10.6 Å². The highest BCUT2D eigenvalue weighted by Crippen LogP contribution is 2.33. The van der Waals surface area contributed by atoms with E-state index in [0.29, 0.717) is 5.88 Å². The van der Waals surface area contributed by atoms with Crippen molar-refractivity contribution in [2.45, 2.75) is 40.5 Å². The Morgan fingerprint density at radius 2 is 1.85 bits per heavy atom. The average Bonchev–Trinajstić information content (AvgIpc) is 2.94. The van der Waals surface area contributed by atoms with E-state index in [1.165, 1.54) is 11.2 Å². The SMILES string of the molecule is CCc1cccc(CC)c1NC(=O)COc1ncnc2sc(C)c(C)c12. The molecule has 1 aromatic carbocycles. The molecular formula is C20H23N3O2S. The Morgan fingerprint density at radius 3 is 2.50 bits per heavy atom. The molecule has 0 spiro atoms. The van der Waals surface area contributed by atoms with Crippen LogP contribution in [-0.4, -0.2) is 22.5 Å². The summed E-state index contributed by atoms with van der Waals surface area (Å²) in [5.41, 5.74) is 4.27. The van der Waals surface area contributed by atoms with E-state index < -0.39 is 0 Å².